The first kappa shape index (κ1) is 11.4. The van der Waals surface area contributed by atoms with Crippen LogP contribution in [0, 0.1) is 0 Å². The molecule has 0 bridgehead atoms. The van der Waals surface area contributed by atoms with Crippen molar-refractivity contribution in [2.45, 2.75) is 31.7 Å². The van der Waals surface area contributed by atoms with Gasteiger partial charge in [-0.3, -0.25) is 0 Å². The van der Waals surface area contributed by atoms with E-state index in [0.29, 0.717) is 12.5 Å². The highest BCUT2D eigenvalue weighted by Crippen LogP contribution is 2.31. The molecule has 0 saturated carbocycles. The lowest BCUT2D eigenvalue weighted by atomic mass is 9.84. The molecule has 1 aromatic carbocycles. The van der Waals surface area contributed by atoms with Gasteiger partial charge < -0.3 is 9.84 Å². The van der Waals surface area contributed by atoms with Crippen molar-refractivity contribution in [3.05, 3.63) is 47.1 Å². The van der Waals surface area contributed by atoms with E-state index in [4.69, 9.17) is 4.52 Å². The van der Waals surface area contributed by atoms with Crippen LogP contribution in [0.25, 0.3) is 0 Å². The van der Waals surface area contributed by atoms with Crippen LogP contribution in [0.3, 0.4) is 0 Å². The van der Waals surface area contributed by atoms with Gasteiger partial charge in [0.1, 0.15) is 0 Å². The molecule has 1 aliphatic rings. The largest absolute Gasteiger partial charge is 0.339 e. The summed E-state index contributed by atoms with van der Waals surface area (Å²) in [5, 5.41) is 7.02. The lowest BCUT2D eigenvalue weighted by Gasteiger charge is -2.21. The molecule has 3 rings (SSSR count). The minimum Gasteiger partial charge on any atom is -0.339 e. The molecule has 1 unspecified atom stereocenters. The van der Waals surface area contributed by atoms with Crippen molar-refractivity contribution < 1.29 is 4.52 Å². The zero-order valence-corrected chi connectivity index (χ0v) is 10.5. The molecule has 1 heterocycles. The monoisotopic (exact) mass is 243 g/mol. The van der Waals surface area contributed by atoms with E-state index in [1.165, 1.54) is 11.1 Å². The van der Waals surface area contributed by atoms with Crippen molar-refractivity contribution in [3.8, 4) is 0 Å². The molecule has 0 radical (unpaired) electrons. The average Bonchev–Trinajstić information content (AvgIpc) is 2.87. The van der Waals surface area contributed by atoms with Gasteiger partial charge in [0.05, 0.1) is 6.54 Å². The number of benzene rings is 1. The Morgan fingerprint density at radius 3 is 3.00 bits per heavy atom. The van der Waals surface area contributed by atoms with Gasteiger partial charge >= 0.3 is 0 Å². The van der Waals surface area contributed by atoms with Crippen LogP contribution in [0.4, 0.5) is 0 Å². The summed E-state index contributed by atoms with van der Waals surface area (Å²) in [6.07, 6.45) is 3.21. The van der Waals surface area contributed by atoms with E-state index in [-0.39, 0.29) is 0 Å². The normalized spacial score (nSPS) is 18.6. The lowest BCUT2D eigenvalue weighted by molar-refractivity contribution is 0.337. The van der Waals surface area contributed by atoms with Crippen LogP contribution in [0.5, 0.6) is 0 Å². The van der Waals surface area contributed by atoms with Gasteiger partial charge in [-0.05, 0) is 37.4 Å². The van der Waals surface area contributed by atoms with Crippen molar-refractivity contribution in [3.63, 3.8) is 0 Å². The van der Waals surface area contributed by atoms with Crippen molar-refractivity contribution in [1.29, 1.82) is 0 Å². The average molecular weight is 243 g/mol. The highest BCUT2D eigenvalue weighted by molar-refractivity contribution is 5.31. The smallest absolute Gasteiger partial charge is 0.230 e. The minimum atomic E-state index is 0.373. The summed E-state index contributed by atoms with van der Waals surface area (Å²) in [4.78, 5) is 4.46. The molecular formula is C14H17N3O. The van der Waals surface area contributed by atoms with Crippen LogP contribution < -0.4 is 5.32 Å². The third-order valence-electron chi connectivity index (χ3n) is 3.51. The molecule has 2 aromatic rings. The quantitative estimate of drug-likeness (QED) is 0.896. The number of aromatic nitrogens is 2. The molecule has 0 spiro atoms. The number of rotatable bonds is 3. The topological polar surface area (TPSA) is 51.0 Å². The van der Waals surface area contributed by atoms with E-state index in [9.17, 15) is 0 Å². The number of fused-ring (bicyclic) bond motifs is 1. The number of nitrogens with zero attached hydrogens (tertiary/aromatic N) is 2. The molecule has 0 saturated heterocycles. The van der Waals surface area contributed by atoms with Crippen molar-refractivity contribution in [2.24, 2.45) is 0 Å². The van der Waals surface area contributed by atoms with Crippen LogP contribution in [0.2, 0.25) is 0 Å². The highest BCUT2D eigenvalue weighted by atomic mass is 16.5. The number of hydrogen-bond acceptors (Lipinski definition) is 4. The fraction of sp³-hybridized carbons (Fsp3) is 0.429. The standard InChI is InChI=1S/C14H17N3O/c1-15-9-13-16-14(18-17-13)12-7-6-10-4-2-3-5-11(10)8-12/h2-5,12,15H,6-9H2,1H3. The number of nitrogens with one attached hydrogen (secondary N) is 1. The highest BCUT2D eigenvalue weighted by Gasteiger charge is 2.24. The molecule has 0 amide bonds. The molecule has 1 atom stereocenters. The number of hydrogen-bond donors (Lipinski definition) is 1. The van der Waals surface area contributed by atoms with Gasteiger partial charge in [0.2, 0.25) is 5.89 Å². The fourth-order valence-electron chi connectivity index (χ4n) is 2.57. The Morgan fingerprint density at radius 1 is 1.33 bits per heavy atom. The summed E-state index contributed by atoms with van der Waals surface area (Å²) in [6.45, 7) is 0.660. The third-order valence-corrected chi connectivity index (χ3v) is 3.51. The summed E-state index contributed by atoms with van der Waals surface area (Å²) in [5.41, 5.74) is 2.88. The van der Waals surface area contributed by atoms with Gasteiger partial charge in [0.25, 0.3) is 0 Å². The maximum absolute atomic E-state index is 5.37. The second kappa shape index (κ2) is 4.90. The number of aryl methyl sites for hydroxylation is 1. The predicted molar refractivity (Wildman–Crippen MR) is 68.3 cm³/mol. The second-order valence-electron chi connectivity index (χ2n) is 4.79. The molecule has 18 heavy (non-hydrogen) atoms. The van der Waals surface area contributed by atoms with Gasteiger partial charge in [-0.15, -0.1) is 0 Å². The first-order valence-corrected chi connectivity index (χ1v) is 6.40. The van der Waals surface area contributed by atoms with Crippen molar-refractivity contribution in [1.82, 2.24) is 15.5 Å². The van der Waals surface area contributed by atoms with Gasteiger partial charge in [-0.2, -0.15) is 4.98 Å². The van der Waals surface area contributed by atoms with E-state index in [1.807, 2.05) is 7.05 Å². The van der Waals surface area contributed by atoms with E-state index in [1.54, 1.807) is 0 Å². The van der Waals surface area contributed by atoms with Gasteiger partial charge in [0.15, 0.2) is 5.82 Å². The summed E-state index contributed by atoms with van der Waals surface area (Å²) in [7, 11) is 1.88. The summed E-state index contributed by atoms with van der Waals surface area (Å²) >= 11 is 0. The third kappa shape index (κ3) is 2.16. The molecule has 4 nitrogen and oxygen atoms in total. The first-order chi connectivity index (χ1) is 8.86. The second-order valence-corrected chi connectivity index (χ2v) is 4.79. The molecule has 0 fully saturated rings. The Balaban J connectivity index is 1.78. The Hall–Kier alpha value is -1.68. The minimum absolute atomic E-state index is 0.373. The zero-order valence-electron chi connectivity index (χ0n) is 10.5. The van der Waals surface area contributed by atoms with Crippen LogP contribution >= 0.6 is 0 Å². The first-order valence-electron chi connectivity index (χ1n) is 6.40. The summed E-state index contributed by atoms with van der Waals surface area (Å²) < 4.78 is 5.37. The summed E-state index contributed by atoms with van der Waals surface area (Å²) in [6, 6.07) is 8.62. The summed E-state index contributed by atoms with van der Waals surface area (Å²) in [5.74, 6) is 1.90. The molecule has 94 valence electrons. The lowest BCUT2D eigenvalue weighted by Crippen LogP contribution is -2.13. The molecule has 1 aliphatic carbocycles. The van der Waals surface area contributed by atoms with Crippen molar-refractivity contribution >= 4 is 0 Å². The Morgan fingerprint density at radius 2 is 2.17 bits per heavy atom. The molecule has 1 aromatic heterocycles. The predicted octanol–water partition coefficient (Wildman–Crippen LogP) is 2.06. The molecule has 0 aliphatic heterocycles. The maximum Gasteiger partial charge on any atom is 0.230 e. The zero-order chi connectivity index (χ0) is 12.4. The SMILES string of the molecule is CNCc1noc(C2CCc3ccccc3C2)n1. The molecule has 1 N–H and O–H groups in total. The fourth-order valence-corrected chi connectivity index (χ4v) is 2.57. The van der Waals surface area contributed by atoms with E-state index in [0.717, 1.165) is 31.0 Å². The van der Waals surface area contributed by atoms with Crippen LogP contribution in [-0.4, -0.2) is 17.2 Å². The molecule has 4 heteroatoms. The van der Waals surface area contributed by atoms with Crippen LogP contribution in [0.15, 0.2) is 28.8 Å². The Labute approximate surface area is 106 Å². The van der Waals surface area contributed by atoms with Crippen molar-refractivity contribution in [2.75, 3.05) is 7.05 Å². The van der Waals surface area contributed by atoms with Gasteiger partial charge in [-0.1, -0.05) is 29.4 Å². The van der Waals surface area contributed by atoms with E-state index in [2.05, 4.69) is 39.7 Å². The van der Waals surface area contributed by atoms with E-state index < -0.39 is 0 Å². The maximum atomic E-state index is 5.37. The Kier molecular flexibility index (Phi) is 3.11. The van der Waals surface area contributed by atoms with Crippen LogP contribution in [-0.2, 0) is 19.4 Å². The van der Waals surface area contributed by atoms with E-state index >= 15 is 0 Å². The van der Waals surface area contributed by atoms with Gasteiger partial charge in [-0.25, -0.2) is 0 Å². The van der Waals surface area contributed by atoms with Crippen LogP contribution in [0.1, 0.15) is 35.2 Å². The molecular weight excluding hydrogens is 226 g/mol. The van der Waals surface area contributed by atoms with Gasteiger partial charge in [0, 0.05) is 5.92 Å². The Bertz CT molecular complexity index is 535.